The number of nitrogens with one attached hydrogen (secondary N) is 1. The molecule has 1 unspecified atom stereocenters. The second-order valence-corrected chi connectivity index (χ2v) is 5.16. The summed E-state index contributed by atoms with van der Waals surface area (Å²) in [6.45, 7) is 1.45. The molecule has 1 fully saturated rings. The molecule has 0 radical (unpaired) electrons. The van der Waals surface area contributed by atoms with Gasteiger partial charge in [0.25, 0.3) is 0 Å². The fraction of sp³-hybridized carbons (Fsp3) is 0.400. The van der Waals surface area contributed by atoms with Crippen molar-refractivity contribution in [2.45, 2.75) is 18.7 Å². The van der Waals surface area contributed by atoms with E-state index in [1.54, 1.807) is 0 Å². The number of rotatable bonds is 4. The number of para-hydroxylation sites is 1. The zero-order valence-corrected chi connectivity index (χ0v) is 11.6. The number of hydrogen-bond acceptors (Lipinski definition) is 4. The summed E-state index contributed by atoms with van der Waals surface area (Å²) in [5.74, 6) is 0.107. The minimum atomic E-state index is -4.47. The predicted octanol–water partition coefficient (Wildman–Crippen LogP) is 3.42. The van der Waals surface area contributed by atoms with E-state index in [0.717, 1.165) is 19.0 Å². The molecule has 0 spiro atoms. The Balaban J connectivity index is 1.91. The van der Waals surface area contributed by atoms with Gasteiger partial charge >= 0.3 is 6.18 Å². The second-order valence-electron chi connectivity index (χ2n) is 5.16. The lowest BCUT2D eigenvalue weighted by Crippen LogP contribution is -2.23. The van der Waals surface area contributed by atoms with Gasteiger partial charge in [0.2, 0.25) is 5.89 Å². The standard InChI is InChI=1S/C15H15F3N2O2/c16-15(17,18)11-3-1-2-4-12(11)22-13(10-5-6-19-9-10)14-20-7-8-21-14/h1-4,7-8,10,13,19H,5-6,9H2/t10-,13?/m1/s1. The van der Waals surface area contributed by atoms with E-state index in [2.05, 4.69) is 10.3 Å². The van der Waals surface area contributed by atoms with Gasteiger partial charge < -0.3 is 14.5 Å². The minimum absolute atomic E-state index is 0.0138. The maximum Gasteiger partial charge on any atom is 0.419 e. The van der Waals surface area contributed by atoms with E-state index >= 15 is 0 Å². The van der Waals surface area contributed by atoms with Crippen LogP contribution in [0.3, 0.4) is 0 Å². The molecule has 1 saturated heterocycles. The molecule has 2 atom stereocenters. The third-order valence-electron chi connectivity index (χ3n) is 3.67. The van der Waals surface area contributed by atoms with Crippen LogP contribution in [0.5, 0.6) is 5.75 Å². The number of benzene rings is 1. The van der Waals surface area contributed by atoms with Crippen LogP contribution < -0.4 is 10.1 Å². The number of hydrogen-bond donors (Lipinski definition) is 1. The van der Waals surface area contributed by atoms with Crippen molar-refractivity contribution in [3.63, 3.8) is 0 Å². The van der Waals surface area contributed by atoms with Gasteiger partial charge in [-0.2, -0.15) is 13.2 Å². The largest absolute Gasteiger partial charge is 0.480 e. The van der Waals surface area contributed by atoms with Crippen LogP contribution in [-0.4, -0.2) is 18.1 Å². The summed E-state index contributed by atoms with van der Waals surface area (Å²) >= 11 is 0. The number of nitrogens with zero attached hydrogens (tertiary/aromatic N) is 1. The summed E-state index contributed by atoms with van der Waals surface area (Å²) in [5.41, 5.74) is -0.794. The van der Waals surface area contributed by atoms with E-state index in [1.807, 2.05) is 0 Å². The number of alkyl halides is 3. The summed E-state index contributed by atoms with van der Waals surface area (Å²) in [5, 5.41) is 3.17. The van der Waals surface area contributed by atoms with E-state index in [1.165, 1.54) is 30.7 Å². The van der Waals surface area contributed by atoms with Crippen molar-refractivity contribution >= 4 is 0 Å². The molecule has 1 aliphatic rings. The first kappa shape index (κ1) is 14.9. The lowest BCUT2D eigenvalue weighted by atomic mass is 10.0. The van der Waals surface area contributed by atoms with Crippen molar-refractivity contribution in [2.24, 2.45) is 5.92 Å². The van der Waals surface area contributed by atoms with Crippen LogP contribution in [0.4, 0.5) is 13.2 Å². The molecule has 1 N–H and O–H groups in total. The molecule has 2 aromatic rings. The van der Waals surface area contributed by atoms with Crippen LogP contribution in [0, 0.1) is 5.92 Å². The van der Waals surface area contributed by atoms with E-state index in [9.17, 15) is 13.2 Å². The van der Waals surface area contributed by atoms with Crippen molar-refractivity contribution in [2.75, 3.05) is 13.1 Å². The maximum absolute atomic E-state index is 13.1. The van der Waals surface area contributed by atoms with Crippen LogP contribution in [0.1, 0.15) is 24.0 Å². The van der Waals surface area contributed by atoms with Crippen LogP contribution in [0.25, 0.3) is 0 Å². The van der Waals surface area contributed by atoms with Crippen molar-refractivity contribution in [1.82, 2.24) is 10.3 Å². The highest BCUT2D eigenvalue weighted by atomic mass is 19.4. The first-order chi connectivity index (χ1) is 10.6. The molecule has 0 amide bonds. The molecule has 1 aromatic carbocycles. The summed E-state index contributed by atoms with van der Waals surface area (Å²) in [4.78, 5) is 4.05. The van der Waals surface area contributed by atoms with Gasteiger partial charge in [-0.1, -0.05) is 12.1 Å². The van der Waals surface area contributed by atoms with Gasteiger partial charge in [-0.15, -0.1) is 0 Å². The van der Waals surface area contributed by atoms with E-state index in [-0.39, 0.29) is 11.7 Å². The summed E-state index contributed by atoms with van der Waals surface area (Å²) in [6, 6.07) is 5.19. The van der Waals surface area contributed by atoms with Crippen LogP contribution in [0.15, 0.2) is 41.1 Å². The summed E-state index contributed by atoms with van der Waals surface area (Å²) in [7, 11) is 0. The fourth-order valence-corrected chi connectivity index (χ4v) is 2.60. The van der Waals surface area contributed by atoms with Crippen LogP contribution in [-0.2, 0) is 6.18 Å². The molecule has 1 aliphatic heterocycles. The van der Waals surface area contributed by atoms with Gasteiger partial charge in [-0.25, -0.2) is 4.98 Å². The molecule has 3 rings (SSSR count). The molecule has 7 heteroatoms. The van der Waals surface area contributed by atoms with E-state index in [0.29, 0.717) is 12.4 Å². The van der Waals surface area contributed by atoms with Crippen LogP contribution in [0.2, 0.25) is 0 Å². The van der Waals surface area contributed by atoms with E-state index < -0.39 is 17.8 Å². The Morgan fingerprint density at radius 1 is 1.32 bits per heavy atom. The topological polar surface area (TPSA) is 47.3 Å². The zero-order valence-electron chi connectivity index (χ0n) is 11.6. The van der Waals surface area contributed by atoms with Gasteiger partial charge in [-0.3, -0.25) is 0 Å². The second kappa shape index (κ2) is 6.00. The molecule has 4 nitrogen and oxygen atoms in total. The Morgan fingerprint density at radius 2 is 2.14 bits per heavy atom. The van der Waals surface area contributed by atoms with Gasteiger partial charge in [0, 0.05) is 12.5 Å². The van der Waals surface area contributed by atoms with Crippen molar-refractivity contribution in [1.29, 1.82) is 0 Å². The van der Waals surface area contributed by atoms with Crippen molar-refractivity contribution < 1.29 is 22.3 Å². The smallest absolute Gasteiger partial charge is 0.419 e. The zero-order chi connectivity index (χ0) is 15.6. The molecule has 0 saturated carbocycles. The quantitative estimate of drug-likeness (QED) is 0.939. The molecule has 0 aliphatic carbocycles. The molecule has 118 valence electrons. The molecular formula is C15H15F3N2O2. The highest BCUT2D eigenvalue weighted by molar-refractivity contribution is 5.36. The van der Waals surface area contributed by atoms with Crippen molar-refractivity contribution in [3.8, 4) is 5.75 Å². The third kappa shape index (κ3) is 3.09. The Kier molecular flexibility index (Phi) is 4.06. The Bertz CT molecular complexity index is 608. The monoisotopic (exact) mass is 312 g/mol. The summed E-state index contributed by atoms with van der Waals surface area (Å²) in [6.07, 6.45) is -1.46. The van der Waals surface area contributed by atoms with Gasteiger partial charge in [0.15, 0.2) is 6.10 Å². The Labute approximate surface area is 125 Å². The fourth-order valence-electron chi connectivity index (χ4n) is 2.60. The molecule has 22 heavy (non-hydrogen) atoms. The van der Waals surface area contributed by atoms with Gasteiger partial charge in [0.1, 0.15) is 12.0 Å². The molecule has 0 bridgehead atoms. The predicted molar refractivity (Wildman–Crippen MR) is 72.3 cm³/mol. The normalized spacial score (nSPS) is 20.0. The third-order valence-corrected chi connectivity index (χ3v) is 3.67. The lowest BCUT2D eigenvalue weighted by molar-refractivity contribution is -0.139. The highest BCUT2D eigenvalue weighted by Gasteiger charge is 2.37. The number of oxazole rings is 1. The first-order valence-electron chi connectivity index (χ1n) is 6.98. The molecule has 1 aromatic heterocycles. The average molecular weight is 312 g/mol. The average Bonchev–Trinajstić information content (AvgIpc) is 3.18. The minimum Gasteiger partial charge on any atom is -0.480 e. The maximum atomic E-state index is 13.1. The van der Waals surface area contributed by atoms with E-state index in [4.69, 9.17) is 9.15 Å². The van der Waals surface area contributed by atoms with Crippen LogP contribution >= 0.6 is 0 Å². The highest BCUT2D eigenvalue weighted by Crippen LogP contribution is 2.39. The van der Waals surface area contributed by atoms with Crippen molar-refractivity contribution in [3.05, 3.63) is 48.2 Å². The summed E-state index contributed by atoms with van der Waals surface area (Å²) < 4.78 is 50.2. The molecular weight excluding hydrogens is 297 g/mol. The van der Waals surface area contributed by atoms with Gasteiger partial charge in [0.05, 0.1) is 11.8 Å². The first-order valence-corrected chi connectivity index (χ1v) is 6.98. The lowest BCUT2D eigenvalue weighted by Gasteiger charge is -2.23. The number of aromatic nitrogens is 1. The Morgan fingerprint density at radius 3 is 2.77 bits per heavy atom. The number of halogens is 3. The SMILES string of the molecule is FC(F)(F)c1ccccc1OC(c1ncco1)[C@@H]1CCNC1. The Hall–Kier alpha value is -2.02. The molecule has 2 heterocycles. The number of ether oxygens (including phenoxy) is 1. The van der Waals surface area contributed by atoms with Gasteiger partial charge in [-0.05, 0) is 25.1 Å².